The highest BCUT2D eigenvalue weighted by molar-refractivity contribution is 14.1. The molecule has 0 aliphatic carbocycles. The number of para-hydroxylation sites is 1. The molecular weight excluding hydrogens is 365 g/mol. The van der Waals surface area contributed by atoms with Crippen molar-refractivity contribution < 1.29 is 9.53 Å². The van der Waals surface area contributed by atoms with Crippen molar-refractivity contribution in [3.8, 4) is 5.75 Å². The first-order valence-electron chi connectivity index (χ1n) is 6.06. The Labute approximate surface area is 131 Å². The van der Waals surface area contributed by atoms with Gasteiger partial charge >= 0.3 is 0 Å². The highest BCUT2D eigenvalue weighted by Gasteiger charge is 2.00. The second-order valence-corrected chi connectivity index (χ2v) is 5.32. The van der Waals surface area contributed by atoms with Gasteiger partial charge in [0.1, 0.15) is 5.75 Å². The fraction of sp³-hybridized carbons (Fsp3) is 0.0625. The molecule has 0 saturated heterocycles. The number of ether oxygens (including phenoxy) is 1. The first kappa shape index (κ1) is 14.6. The Morgan fingerprint density at radius 2 is 1.85 bits per heavy atom. The smallest absolute Gasteiger partial charge is 0.248 e. The molecule has 3 nitrogen and oxygen atoms in total. The van der Waals surface area contributed by atoms with Gasteiger partial charge in [0.05, 0.1) is 7.11 Å². The van der Waals surface area contributed by atoms with E-state index in [1.165, 1.54) is 6.08 Å². The summed E-state index contributed by atoms with van der Waals surface area (Å²) < 4.78 is 6.36. The lowest BCUT2D eigenvalue weighted by molar-refractivity contribution is -0.111. The van der Waals surface area contributed by atoms with Gasteiger partial charge in [-0.1, -0.05) is 18.2 Å². The van der Waals surface area contributed by atoms with Gasteiger partial charge in [-0.2, -0.15) is 0 Å². The van der Waals surface area contributed by atoms with Gasteiger partial charge in [-0.3, -0.25) is 4.79 Å². The largest absolute Gasteiger partial charge is 0.496 e. The van der Waals surface area contributed by atoms with Crippen molar-refractivity contribution in [3.05, 3.63) is 63.7 Å². The molecule has 0 fully saturated rings. The Morgan fingerprint density at radius 1 is 1.15 bits per heavy atom. The number of rotatable bonds is 4. The van der Waals surface area contributed by atoms with Gasteiger partial charge in [0.15, 0.2) is 0 Å². The van der Waals surface area contributed by atoms with Gasteiger partial charge in [0.2, 0.25) is 5.91 Å². The van der Waals surface area contributed by atoms with Gasteiger partial charge in [-0.05, 0) is 59.0 Å². The molecule has 2 rings (SSSR count). The number of amides is 1. The van der Waals surface area contributed by atoms with E-state index in [4.69, 9.17) is 4.74 Å². The summed E-state index contributed by atoms with van der Waals surface area (Å²) in [5, 5.41) is 2.81. The normalized spacial score (nSPS) is 10.5. The van der Waals surface area contributed by atoms with Crippen molar-refractivity contribution in [2.24, 2.45) is 0 Å². The maximum Gasteiger partial charge on any atom is 0.248 e. The summed E-state index contributed by atoms with van der Waals surface area (Å²) in [6.45, 7) is 0. The molecule has 0 spiro atoms. The SMILES string of the molecule is COc1ccccc1C=CC(=O)Nc1ccc(I)cc1. The number of nitrogens with one attached hydrogen (secondary N) is 1. The number of anilines is 1. The predicted octanol–water partition coefficient (Wildman–Crippen LogP) is 3.95. The Balaban J connectivity index is 2.04. The van der Waals surface area contributed by atoms with Crippen molar-refractivity contribution in [2.45, 2.75) is 0 Å². The Kier molecular flexibility index (Phi) is 5.17. The van der Waals surface area contributed by atoms with Crippen LogP contribution in [0.3, 0.4) is 0 Å². The van der Waals surface area contributed by atoms with Crippen LogP contribution in [0.4, 0.5) is 5.69 Å². The first-order chi connectivity index (χ1) is 9.69. The molecule has 0 saturated carbocycles. The van der Waals surface area contributed by atoms with Crippen LogP contribution in [-0.2, 0) is 4.79 Å². The molecule has 20 heavy (non-hydrogen) atoms. The van der Waals surface area contributed by atoms with E-state index in [1.54, 1.807) is 13.2 Å². The molecule has 102 valence electrons. The van der Waals surface area contributed by atoms with E-state index in [0.717, 1.165) is 20.6 Å². The van der Waals surface area contributed by atoms with Crippen LogP contribution in [0.2, 0.25) is 0 Å². The van der Waals surface area contributed by atoms with E-state index < -0.39 is 0 Å². The molecule has 2 aromatic carbocycles. The van der Waals surface area contributed by atoms with Gasteiger partial charge in [-0.25, -0.2) is 0 Å². The van der Waals surface area contributed by atoms with Crippen molar-refractivity contribution in [1.82, 2.24) is 0 Å². The molecule has 1 amide bonds. The highest BCUT2D eigenvalue weighted by atomic mass is 127. The summed E-state index contributed by atoms with van der Waals surface area (Å²) in [5.74, 6) is 0.572. The van der Waals surface area contributed by atoms with Crippen LogP contribution in [0.25, 0.3) is 6.08 Å². The summed E-state index contributed by atoms with van der Waals surface area (Å²) in [7, 11) is 1.61. The van der Waals surface area contributed by atoms with Crippen LogP contribution in [0.5, 0.6) is 5.75 Å². The molecule has 2 aromatic rings. The van der Waals surface area contributed by atoms with Crippen LogP contribution >= 0.6 is 22.6 Å². The van der Waals surface area contributed by atoms with Crippen LogP contribution in [0.15, 0.2) is 54.6 Å². The number of carbonyl (C=O) groups is 1. The maximum atomic E-state index is 11.8. The van der Waals surface area contributed by atoms with Crippen molar-refractivity contribution in [3.63, 3.8) is 0 Å². The Hall–Kier alpha value is -1.82. The predicted molar refractivity (Wildman–Crippen MR) is 89.8 cm³/mol. The summed E-state index contributed by atoms with van der Waals surface area (Å²) >= 11 is 2.22. The molecule has 0 aliphatic rings. The molecular formula is C16H14INO2. The zero-order valence-corrected chi connectivity index (χ0v) is 13.1. The monoisotopic (exact) mass is 379 g/mol. The third-order valence-electron chi connectivity index (χ3n) is 2.66. The average Bonchev–Trinajstić information content (AvgIpc) is 2.48. The fourth-order valence-corrected chi connectivity index (χ4v) is 2.05. The molecule has 0 aliphatic heterocycles. The molecule has 0 bridgehead atoms. The number of halogens is 1. The second kappa shape index (κ2) is 7.09. The average molecular weight is 379 g/mol. The van der Waals surface area contributed by atoms with Crippen molar-refractivity contribution >= 4 is 40.3 Å². The minimum atomic E-state index is -0.169. The summed E-state index contributed by atoms with van der Waals surface area (Å²) in [6.07, 6.45) is 3.23. The number of hydrogen-bond donors (Lipinski definition) is 1. The van der Waals surface area contributed by atoms with Crippen LogP contribution in [0, 0.1) is 3.57 Å². The lowest BCUT2D eigenvalue weighted by Gasteiger charge is -2.04. The third-order valence-corrected chi connectivity index (χ3v) is 3.38. The van der Waals surface area contributed by atoms with Gasteiger partial charge in [0.25, 0.3) is 0 Å². The molecule has 0 aromatic heterocycles. The second-order valence-electron chi connectivity index (χ2n) is 4.07. The Morgan fingerprint density at radius 3 is 2.55 bits per heavy atom. The molecule has 1 N–H and O–H groups in total. The quantitative estimate of drug-likeness (QED) is 0.646. The van der Waals surface area contributed by atoms with E-state index in [1.807, 2.05) is 48.5 Å². The number of benzene rings is 2. The maximum absolute atomic E-state index is 11.8. The zero-order valence-electron chi connectivity index (χ0n) is 11.0. The van der Waals surface area contributed by atoms with Gasteiger partial charge in [-0.15, -0.1) is 0 Å². The number of hydrogen-bond acceptors (Lipinski definition) is 2. The third kappa shape index (κ3) is 4.09. The topological polar surface area (TPSA) is 38.3 Å². The van der Waals surface area contributed by atoms with Gasteiger partial charge in [0, 0.05) is 20.9 Å². The first-order valence-corrected chi connectivity index (χ1v) is 7.14. The van der Waals surface area contributed by atoms with Gasteiger partial charge < -0.3 is 10.1 Å². The van der Waals surface area contributed by atoms with Crippen molar-refractivity contribution in [1.29, 1.82) is 0 Å². The minimum Gasteiger partial charge on any atom is -0.496 e. The van der Waals surface area contributed by atoms with Crippen LogP contribution < -0.4 is 10.1 Å². The lowest BCUT2D eigenvalue weighted by atomic mass is 10.2. The fourth-order valence-electron chi connectivity index (χ4n) is 1.69. The van der Waals surface area contributed by atoms with E-state index in [9.17, 15) is 4.79 Å². The molecule has 0 atom stereocenters. The summed E-state index contributed by atoms with van der Waals surface area (Å²) in [6, 6.07) is 15.2. The van der Waals surface area contributed by atoms with E-state index in [2.05, 4.69) is 27.9 Å². The van der Waals surface area contributed by atoms with Crippen molar-refractivity contribution in [2.75, 3.05) is 12.4 Å². The minimum absolute atomic E-state index is 0.169. The number of carbonyl (C=O) groups excluding carboxylic acids is 1. The van der Waals surface area contributed by atoms with E-state index in [0.29, 0.717) is 0 Å². The summed E-state index contributed by atoms with van der Waals surface area (Å²) in [4.78, 5) is 11.8. The molecule has 0 unspecified atom stereocenters. The molecule has 4 heteroatoms. The van der Waals surface area contributed by atoms with Crippen LogP contribution in [-0.4, -0.2) is 13.0 Å². The lowest BCUT2D eigenvalue weighted by Crippen LogP contribution is -2.07. The van der Waals surface area contributed by atoms with E-state index >= 15 is 0 Å². The van der Waals surface area contributed by atoms with E-state index in [-0.39, 0.29) is 5.91 Å². The number of methoxy groups -OCH3 is 1. The highest BCUT2D eigenvalue weighted by Crippen LogP contribution is 2.18. The standard InChI is InChI=1S/C16H14INO2/c1-20-15-5-3-2-4-12(15)6-11-16(19)18-14-9-7-13(17)8-10-14/h2-11H,1H3,(H,18,19). The molecule has 0 radical (unpaired) electrons. The summed E-state index contributed by atoms with van der Waals surface area (Å²) in [5.41, 5.74) is 1.65. The molecule has 0 heterocycles. The van der Waals surface area contributed by atoms with Crippen LogP contribution in [0.1, 0.15) is 5.56 Å². The Bertz CT molecular complexity index is 621. The zero-order chi connectivity index (χ0) is 14.4.